The lowest BCUT2D eigenvalue weighted by Crippen LogP contribution is -2.52. The van der Waals surface area contributed by atoms with Crippen LogP contribution in [0, 0.1) is 0 Å². The van der Waals surface area contributed by atoms with Crippen LogP contribution in [-0.2, 0) is 4.74 Å². The molecule has 3 heteroatoms. The Bertz CT molecular complexity index is 495. The van der Waals surface area contributed by atoms with Gasteiger partial charge in [-0.15, -0.1) is 0 Å². The minimum Gasteiger partial charge on any atom is -0.497 e. The van der Waals surface area contributed by atoms with Gasteiger partial charge in [-0.3, -0.25) is 0 Å². The molecule has 3 rings (SSSR count). The fourth-order valence-electron chi connectivity index (χ4n) is 2.87. The van der Waals surface area contributed by atoms with Gasteiger partial charge in [-0.1, -0.05) is 6.58 Å². The summed E-state index contributed by atoms with van der Waals surface area (Å²) >= 11 is 0. The molecule has 1 aromatic carbocycles. The van der Waals surface area contributed by atoms with Crippen molar-refractivity contribution in [3.05, 3.63) is 30.3 Å². The topological polar surface area (TPSA) is 27.7 Å². The summed E-state index contributed by atoms with van der Waals surface area (Å²) in [5.74, 6) is 1.70. The number of ether oxygens (including phenoxy) is 3. The van der Waals surface area contributed by atoms with Gasteiger partial charge in [0.2, 0.25) is 0 Å². The molecule has 0 amide bonds. The highest BCUT2D eigenvalue weighted by Crippen LogP contribution is 2.45. The fraction of sp³-hybridized carbons (Fsp3) is 0.467. The van der Waals surface area contributed by atoms with E-state index >= 15 is 0 Å². The Morgan fingerprint density at radius 1 is 1.44 bits per heavy atom. The summed E-state index contributed by atoms with van der Waals surface area (Å²) in [4.78, 5) is 0. The van der Waals surface area contributed by atoms with E-state index in [4.69, 9.17) is 14.2 Å². The van der Waals surface area contributed by atoms with Crippen LogP contribution in [-0.4, -0.2) is 25.4 Å². The Kier molecular flexibility index (Phi) is 2.59. The molecule has 0 aliphatic carbocycles. The van der Waals surface area contributed by atoms with Gasteiger partial charge in [-0.25, -0.2) is 0 Å². The summed E-state index contributed by atoms with van der Waals surface area (Å²) in [6, 6.07) is 5.84. The van der Waals surface area contributed by atoms with Gasteiger partial charge < -0.3 is 14.2 Å². The highest BCUT2D eigenvalue weighted by atomic mass is 16.6. The highest BCUT2D eigenvalue weighted by molar-refractivity contribution is 5.75. The third-order valence-corrected chi connectivity index (χ3v) is 3.85. The molecule has 1 aromatic rings. The lowest BCUT2D eigenvalue weighted by atomic mass is 9.81. The van der Waals surface area contributed by atoms with E-state index in [2.05, 4.69) is 13.5 Å². The Morgan fingerprint density at radius 2 is 2.28 bits per heavy atom. The summed E-state index contributed by atoms with van der Waals surface area (Å²) in [6.07, 6.45) is 1.99. The maximum absolute atomic E-state index is 6.15. The molecule has 1 saturated heterocycles. The third kappa shape index (κ3) is 1.62. The number of hydrogen-bond donors (Lipinski definition) is 0. The molecule has 96 valence electrons. The van der Waals surface area contributed by atoms with Gasteiger partial charge >= 0.3 is 0 Å². The van der Waals surface area contributed by atoms with E-state index < -0.39 is 0 Å². The zero-order chi connectivity index (χ0) is 12.8. The number of hydrogen-bond acceptors (Lipinski definition) is 3. The van der Waals surface area contributed by atoms with Crippen LogP contribution in [0.4, 0.5) is 0 Å². The average Bonchev–Trinajstić information content (AvgIpc) is 2.38. The van der Waals surface area contributed by atoms with E-state index in [-0.39, 0.29) is 11.7 Å². The van der Waals surface area contributed by atoms with E-state index in [0.29, 0.717) is 0 Å². The molecule has 0 radical (unpaired) electrons. The van der Waals surface area contributed by atoms with Crippen molar-refractivity contribution in [1.29, 1.82) is 0 Å². The molecule has 0 bridgehead atoms. The Balaban J connectivity index is 2.06. The molecule has 0 spiro atoms. The van der Waals surface area contributed by atoms with Gasteiger partial charge in [-0.05, 0) is 43.5 Å². The van der Waals surface area contributed by atoms with Crippen LogP contribution in [0.25, 0.3) is 5.57 Å². The molecule has 0 saturated carbocycles. The van der Waals surface area contributed by atoms with Crippen LogP contribution >= 0.6 is 0 Å². The van der Waals surface area contributed by atoms with Gasteiger partial charge in [0, 0.05) is 12.2 Å². The smallest absolute Gasteiger partial charge is 0.136 e. The molecule has 0 aromatic heterocycles. The van der Waals surface area contributed by atoms with E-state index in [1.165, 1.54) is 0 Å². The van der Waals surface area contributed by atoms with Crippen LogP contribution in [0.15, 0.2) is 24.8 Å². The first-order valence-electron chi connectivity index (χ1n) is 6.32. The number of rotatable bonds is 1. The van der Waals surface area contributed by atoms with E-state index in [1.807, 2.05) is 18.2 Å². The second-order valence-corrected chi connectivity index (χ2v) is 5.16. The van der Waals surface area contributed by atoms with Crippen LogP contribution in [0.2, 0.25) is 0 Å². The molecular weight excluding hydrogens is 228 g/mol. The quantitative estimate of drug-likeness (QED) is 0.762. The van der Waals surface area contributed by atoms with Crippen molar-refractivity contribution in [2.75, 3.05) is 13.7 Å². The maximum Gasteiger partial charge on any atom is 0.136 e. The largest absolute Gasteiger partial charge is 0.497 e. The summed E-state index contributed by atoms with van der Waals surface area (Å²) in [6.45, 7) is 7.09. The van der Waals surface area contributed by atoms with E-state index in [1.54, 1.807) is 7.11 Å². The summed E-state index contributed by atoms with van der Waals surface area (Å²) in [5, 5.41) is 0. The van der Waals surface area contributed by atoms with Gasteiger partial charge in [0.25, 0.3) is 0 Å². The first-order valence-corrected chi connectivity index (χ1v) is 6.32. The molecule has 2 atom stereocenters. The number of methoxy groups -OCH3 is 1. The average molecular weight is 246 g/mol. The van der Waals surface area contributed by atoms with Gasteiger partial charge in [-0.2, -0.15) is 0 Å². The highest BCUT2D eigenvalue weighted by Gasteiger charge is 2.45. The Hall–Kier alpha value is -1.48. The van der Waals surface area contributed by atoms with Crippen LogP contribution < -0.4 is 9.47 Å². The minimum atomic E-state index is -0.281. The molecule has 1 fully saturated rings. The van der Waals surface area contributed by atoms with E-state index in [9.17, 15) is 0 Å². The third-order valence-electron chi connectivity index (χ3n) is 3.85. The van der Waals surface area contributed by atoms with Crippen LogP contribution in [0.3, 0.4) is 0 Å². The molecular formula is C15H18O3. The van der Waals surface area contributed by atoms with E-state index in [0.717, 1.165) is 42.1 Å². The Labute approximate surface area is 107 Å². The molecule has 2 aliphatic heterocycles. The zero-order valence-corrected chi connectivity index (χ0v) is 10.9. The summed E-state index contributed by atoms with van der Waals surface area (Å²) in [5.41, 5.74) is 1.72. The molecule has 18 heavy (non-hydrogen) atoms. The first kappa shape index (κ1) is 11.6. The molecule has 2 heterocycles. The van der Waals surface area contributed by atoms with Crippen molar-refractivity contribution in [3.63, 3.8) is 0 Å². The standard InChI is InChI=1S/C15H18O3/c1-10-12-9-11(16-3)5-6-13(12)18-15(2)7-4-8-17-14(10)15/h5-6,9,14H,1,4,7-8H2,2-3H3/t14-,15-/m0/s1. The Morgan fingerprint density at radius 3 is 3.06 bits per heavy atom. The lowest BCUT2D eigenvalue weighted by molar-refractivity contribution is -0.0971. The van der Waals surface area contributed by atoms with Crippen molar-refractivity contribution >= 4 is 5.57 Å². The second kappa shape index (κ2) is 4.02. The molecule has 2 aliphatic rings. The van der Waals surface area contributed by atoms with Crippen molar-refractivity contribution in [2.24, 2.45) is 0 Å². The van der Waals surface area contributed by atoms with Crippen molar-refractivity contribution < 1.29 is 14.2 Å². The minimum absolute atomic E-state index is 0.0501. The maximum atomic E-state index is 6.15. The SMILES string of the molecule is C=C1c2cc(OC)ccc2O[C@@]2(C)CCCO[C@@H]12. The van der Waals surface area contributed by atoms with Crippen molar-refractivity contribution in [2.45, 2.75) is 31.5 Å². The number of benzene rings is 1. The van der Waals surface area contributed by atoms with Crippen LogP contribution in [0.5, 0.6) is 11.5 Å². The zero-order valence-electron chi connectivity index (χ0n) is 10.9. The molecule has 3 nitrogen and oxygen atoms in total. The fourth-order valence-corrected chi connectivity index (χ4v) is 2.87. The predicted molar refractivity (Wildman–Crippen MR) is 70.0 cm³/mol. The van der Waals surface area contributed by atoms with Gasteiger partial charge in [0.05, 0.1) is 7.11 Å². The van der Waals surface area contributed by atoms with Gasteiger partial charge in [0.1, 0.15) is 23.2 Å². The van der Waals surface area contributed by atoms with Crippen LogP contribution in [0.1, 0.15) is 25.3 Å². The molecule has 0 unspecified atom stereocenters. The normalized spacial score (nSPS) is 30.1. The van der Waals surface area contributed by atoms with Crippen molar-refractivity contribution in [1.82, 2.24) is 0 Å². The summed E-state index contributed by atoms with van der Waals surface area (Å²) in [7, 11) is 1.66. The number of fused-ring (bicyclic) bond motifs is 2. The predicted octanol–water partition coefficient (Wildman–Crippen LogP) is 3.04. The first-order chi connectivity index (χ1) is 8.64. The second-order valence-electron chi connectivity index (χ2n) is 5.16. The summed E-state index contributed by atoms with van der Waals surface area (Å²) < 4.78 is 17.3. The molecule has 0 N–H and O–H groups in total. The van der Waals surface area contributed by atoms with Crippen molar-refractivity contribution in [3.8, 4) is 11.5 Å². The monoisotopic (exact) mass is 246 g/mol. The van der Waals surface area contributed by atoms with Gasteiger partial charge in [0.15, 0.2) is 0 Å². The lowest BCUT2D eigenvalue weighted by Gasteiger charge is -2.46.